The van der Waals surface area contributed by atoms with Crippen LogP contribution in [0, 0.1) is 4.77 Å². The quantitative estimate of drug-likeness (QED) is 0.559. The molecule has 4 rings (SSSR count). The van der Waals surface area contributed by atoms with Crippen LogP contribution in [0.25, 0.3) is 5.69 Å². The lowest BCUT2D eigenvalue weighted by Gasteiger charge is -2.20. The molecular formula is C22H24N4O3S2. The van der Waals surface area contributed by atoms with E-state index in [4.69, 9.17) is 12.2 Å². The van der Waals surface area contributed by atoms with Gasteiger partial charge in [-0.2, -0.15) is 4.31 Å². The smallest absolute Gasteiger partial charge is 0.255 e. The van der Waals surface area contributed by atoms with Crippen molar-refractivity contribution in [1.82, 2.24) is 13.9 Å². The number of hydrogen-bond acceptors (Lipinski definition) is 4. The predicted molar refractivity (Wildman–Crippen MR) is 123 cm³/mol. The molecule has 0 aliphatic carbocycles. The number of sulfonamides is 1. The van der Waals surface area contributed by atoms with Crippen molar-refractivity contribution in [3.8, 4) is 5.69 Å². The second-order valence-electron chi connectivity index (χ2n) is 7.49. The number of amides is 1. The maximum absolute atomic E-state index is 13.1. The van der Waals surface area contributed by atoms with E-state index in [1.54, 1.807) is 47.3 Å². The van der Waals surface area contributed by atoms with E-state index in [1.165, 1.54) is 10.4 Å². The second kappa shape index (κ2) is 9.17. The molecule has 31 heavy (non-hydrogen) atoms. The van der Waals surface area contributed by atoms with Gasteiger partial charge in [-0.25, -0.2) is 8.42 Å². The SMILES string of the molecule is O=C(Nc1cccc(-n2cc[nH]c2=S)c1)c1cccc(S(=O)(=O)N2CCCCCC2)c1. The lowest BCUT2D eigenvalue weighted by molar-refractivity contribution is 0.102. The van der Waals surface area contributed by atoms with Crippen LogP contribution in [-0.2, 0) is 10.0 Å². The highest BCUT2D eigenvalue weighted by molar-refractivity contribution is 7.89. The van der Waals surface area contributed by atoms with Gasteiger partial charge in [-0.1, -0.05) is 25.0 Å². The maximum Gasteiger partial charge on any atom is 0.255 e. The van der Waals surface area contributed by atoms with Gasteiger partial charge >= 0.3 is 0 Å². The third kappa shape index (κ3) is 4.79. The molecule has 0 saturated carbocycles. The summed E-state index contributed by atoms with van der Waals surface area (Å²) >= 11 is 5.25. The Kier molecular flexibility index (Phi) is 6.35. The normalized spacial score (nSPS) is 15.4. The third-order valence-electron chi connectivity index (χ3n) is 5.33. The van der Waals surface area contributed by atoms with Crippen molar-refractivity contribution >= 4 is 33.8 Å². The molecule has 1 aliphatic heterocycles. The van der Waals surface area contributed by atoms with E-state index in [0.29, 0.717) is 29.1 Å². The molecule has 0 radical (unpaired) electrons. The molecule has 0 spiro atoms. The first-order chi connectivity index (χ1) is 14.9. The van der Waals surface area contributed by atoms with Gasteiger partial charge in [0.15, 0.2) is 4.77 Å². The number of rotatable bonds is 5. The number of hydrogen-bond donors (Lipinski definition) is 2. The number of aromatic amines is 1. The van der Waals surface area contributed by atoms with Gasteiger partial charge in [0.1, 0.15) is 0 Å². The highest BCUT2D eigenvalue weighted by atomic mass is 32.2. The average molecular weight is 457 g/mol. The number of imidazole rings is 1. The largest absolute Gasteiger partial charge is 0.337 e. The zero-order valence-electron chi connectivity index (χ0n) is 17.0. The van der Waals surface area contributed by atoms with Crippen molar-refractivity contribution in [2.75, 3.05) is 18.4 Å². The van der Waals surface area contributed by atoms with Crippen LogP contribution in [0.4, 0.5) is 5.69 Å². The van der Waals surface area contributed by atoms with E-state index in [1.807, 2.05) is 12.1 Å². The summed E-state index contributed by atoms with van der Waals surface area (Å²) in [6.07, 6.45) is 7.36. The van der Waals surface area contributed by atoms with Gasteiger partial charge in [0.25, 0.3) is 5.91 Å². The molecule has 3 aromatic rings. The van der Waals surface area contributed by atoms with Crippen LogP contribution in [-0.4, -0.2) is 41.3 Å². The first kappa shape index (κ1) is 21.5. The van der Waals surface area contributed by atoms with Crippen molar-refractivity contribution in [2.45, 2.75) is 30.6 Å². The van der Waals surface area contributed by atoms with Crippen LogP contribution >= 0.6 is 12.2 Å². The van der Waals surface area contributed by atoms with Crippen LogP contribution in [0.3, 0.4) is 0 Å². The zero-order chi connectivity index (χ0) is 21.8. The van der Waals surface area contributed by atoms with Gasteiger partial charge in [-0.15, -0.1) is 0 Å². The van der Waals surface area contributed by atoms with Crippen molar-refractivity contribution in [3.63, 3.8) is 0 Å². The molecule has 1 amide bonds. The lowest BCUT2D eigenvalue weighted by Crippen LogP contribution is -2.32. The lowest BCUT2D eigenvalue weighted by atomic mass is 10.2. The number of H-pyrrole nitrogens is 1. The number of anilines is 1. The Morgan fingerprint density at radius 2 is 1.74 bits per heavy atom. The van der Waals surface area contributed by atoms with E-state index in [-0.39, 0.29) is 10.8 Å². The third-order valence-corrected chi connectivity index (χ3v) is 7.54. The Balaban J connectivity index is 1.55. The van der Waals surface area contributed by atoms with Gasteiger partial charge in [0, 0.05) is 42.4 Å². The number of carbonyl (C=O) groups is 1. The molecule has 2 N–H and O–H groups in total. The number of nitrogens with zero attached hydrogens (tertiary/aromatic N) is 2. The fourth-order valence-corrected chi connectivity index (χ4v) is 5.49. The Hall–Kier alpha value is -2.75. The minimum atomic E-state index is -3.62. The Morgan fingerprint density at radius 1 is 1.00 bits per heavy atom. The van der Waals surface area contributed by atoms with Gasteiger partial charge in [0.05, 0.1) is 4.90 Å². The molecule has 1 fully saturated rings. The Morgan fingerprint density at radius 3 is 2.45 bits per heavy atom. The summed E-state index contributed by atoms with van der Waals surface area (Å²) in [7, 11) is -3.62. The first-order valence-corrected chi connectivity index (χ1v) is 12.1. The number of aromatic nitrogens is 2. The fourth-order valence-electron chi connectivity index (χ4n) is 3.69. The minimum Gasteiger partial charge on any atom is -0.337 e. The molecule has 162 valence electrons. The van der Waals surface area contributed by atoms with E-state index < -0.39 is 10.0 Å². The summed E-state index contributed by atoms with van der Waals surface area (Å²) in [6, 6.07) is 13.5. The average Bonchev–Trinajstić information content (AvgIpc) is 3.01. The molecule has 1 aromatic heterocycles. The predicted octanol–water partition coefficient (Wildman–Crippen LogP) is 4.35. The van der Waals surface area contributed by atoms with Crippen molar-refractivity contribution in [1.29, 1.82) is 0 Å². The van der Waals surface area contributed by atoms with Gasteiger partial charge in [-0.3, -0.25) is 9.36 Å². The molecule has 1 saturated heterocycles. The summed E-state index contributed by atoms with van der Waals surface area (Å²) in [5.74, 6) is -0.372. The topological polar surface area (TPSA) is 87.2 Å². The van der Waals surface area contributed by atoms with Crippen LogP contribution < -0.4 is 5.32 Å². The van der Waals surface area contributed by atoms with Gasteiger partial charge in [0.2, 0.25) is 10.0 Å². The summed E-state index contributed by atoms with van der Waals surface area (Å²) in [5.41, 5.74) is 1.69. The number of carbonyl (C=O) groups excluding carboxylic acids is 1. The molecule has 1 aliphatic rings. The van der Waals surface area contributed by atoms with Crippen molar-refractivity contribution in [3.05, 3.63) is 71.3 Å². The number of nitrogens with one attached hydrogen (secondary N) is 2. The van der Waals surface area contributed by atoms with E-state index in [2.05, 4.69) is 10.3 Å². The van der Waals surface area contributed by atoms with Crippen molar-refractivity contribution in [2.24, 2.45) is 0 Å². The molecule has 0 atom stereocenters. The summed E-state index contributed by atoms with van der Waals surface area (Å²) in [5, 5.41) is 2.84. The highest BCUT2D eigenvalue weighted by Crippen LogP contribution is 2.22. The van der Waals surface area contributed by atoms with Crippen LogP contribution in [0.5, 0.6) is 0 Å². The van der Waals surface area contributed by atoms with Crippen LogP contribution in [0.2, 0.25) is 0 Å². The summed E-state index contributed by atoms with van der Waals surface area (Å²) in [4.78, 5) is 15.9. The van der Waals surface area contributed by atoms with Gasteiger partial charge < -0.3 is 10.3 Å². The molecule has 9 heteroatoms. The first-order valence-electron chi connectivity index (χ1n) is 10.2. The van der Waals surface area contributed by atoms with E-state index in [9.17, 15) is 13.2 Å². The zero-order valence-corrected chi connectivity index (χ0v) is 18.6. The monoisotopic (exact) mass is 456 g/mol. The van der Waals surface area contributed by atoms with E-state index in [0.717, 1.165) is 31.4 Å². The van der Waals surface area contributed by atoms with Gasteiger partial charge in [-0.05, 0) is 61.5 Å². The van der Waals surface area contributed by atoms with E-state index >= 15 is 0 Å². The Labute approximate surface area is 186 Å². The Bertz CT molecular complexity index is 1240. The molecule has 7 nitrogen and oxygen atoms in total. The fraction of sp³-hybridized carbons (Fsp3) is 0.273. The molecule has 2 heterocycles. The highest BCUT2D eigenvalue weighted by Gasteiger charge is 2.25. The van der Waals surface area contributed by atoms with Crippen molar-refractivity contribution < 1.29 is 13.2 Å². The van der Waals surface area contributed by atoms with Crippen LogP contribution in [0.15, 0.2) is 65.8 Å². The molecule has 0 unspecified atom stereocenters. The second-order valence-corrected chi connectivity index (χ2v) is 9.81. The summed E-state index contributed by atoms with van der Waals surface area (Å²) in [6.45, 7) is 1.04. The molecular weight excluding hydrogens is 432 g/mol. The molecule has 0 bridgehead atoms. The van der Waals surface area contributed by atoms with Crippen LogP contribution in [0.1, 0.15) is 36.0 Å². The number of benzene rings is 2. The standard InChI is InChI=1S/C22H24N4O3S2/c27-21(24-18-8-6-9-19(16-18)26-14-11-23-22(26)30)17-7-5-10-20(15-17)31(28,29)25-12-3-1-2-4-13-25/h5-11,14-16H,1-4,12-13H2,(H,23,30)(H,24,27). The molecule has 2 aromatic carbocycles. The minimum absolute atomic E-state index is 0.148. The summed E-state index contributed by atoms with van der Waals surface area (Å²) < 4.78 is 30.0. The maximum atomic E-state index is 13.1.